The number of hydrogen-bond acceptors (Lipinski definition) is 2. The smallest absolute Gasteiger partial charge is 0.257 e. The summed E-state index contributed by atoms with van der Waals surface area (Å²) in [4.78, 5) is 25.5. The summed E-state index contributed by atoms with van der Waals surface area (Å²) in [6, 6.07) is 12.4. The molecule has 0 heterocycles. The van der Waals surface area contributed by atoms with E-state index >= 15 is 0 Å². The van der Waals surface area contributed by atoms with Crippen LogP contribution in [0.5, 0.6) is 0 Å². The molecule has 28 heavy (non-hydrogen) atoms. The molecule has 0 radical (unpaired) electrons. The van der Waals surface area contributed by atoms with Crippen molar-refractivity contribution >= 4 is 23.2 Å². The molecule has 1 aliphatic rings. The molecule has 2 N–H and O–H groups in total. The van der Waals surface area contributed by atoms with Gasteiger partial charge in [0.1, 0.15) is 5.82 Å². The van der Waals surface area contributed by atoms with Gasteiger partial charge in [-0.1, -0.05) is 37.6 Å². The average Bonchev–Trinajstić information content (AvgIpc) is 3.16. The molecule has 2 atom stereocenters. The second kappa shape index (κ2) is 7.58. The largest absolute Gasteiger partial charge is 0.325 e. The normalized spacial score (nSPS) is 19.5. The quantitative estimate of drug-likeness (QED) is 0.696. The van der Waals surface area contributed by atoms with E-state index in [-0.39, 0.29) is 34.9 Å². The maximum absolute atomic E-state index is 13.0. The fourth-order valence-corrected chi connectivity index (χ4v) is 3.58. The van der Waals surface area contributed by atoms with Crippen molar-refractivity contribution < 1.29 is 14.0 Å². The zero-order valence-electron chi connectivity index (χ0n) is 16.5. The maximum atomic E-state index is 13.0. The lowest BCUT2D eigenvalue weighted by Crippen LogP contribution is -2.20. The number of rotatable bonds is 5. The standard InChI is InChI=1S/C23H25FN2O2/c1-14(2)13-18-20(23(18,3)4)22(28)26-19-8-6-5-7-17(19)21(27)25-16-11-9-15(24)10-12-16/h5-13,18,20H,1-4H3,(H,25,27)(H,26,28)/t18-,20+/m0/s1. The van der Waals surface area contributed by atoms with Crippen molar-refractivity contribution in [1.82, 2.24) is 0 Å². The van der Waals surface area contributed by atoms with Gasteiger partial charge in [0.25, 0.3) is 5.91 Å². The van der Waals surface area contributed by atoms with Gasteiger partial charge in [-0.25, -0.2) is 4.39 Å². The summed E-state index contributed by atoms with van der Waals surface area (Å²) in [6.45, 7) is 8.21. The first-order chi connectivity index (χ1) is 13.2. The number of nitrogens with one attached hydrogen (secondary N) is 2. The molecule has 0 aromatic heterocycles. The third kappa shape index (κ3) is 4.14. The van der Waals surface area contributed by atoms with Crippen molar-refractivity contribution in [3.63, 3.8) is 0 Å². The average molecular weight is 380 g/mol. The van der Waals surface area contributed by atoms with Crippen molar-refractivity contribution in [3.05, 3.63) is 71.6 Å². The summed E-state index contributed by atoms with van der Waals surface area (Å²) >= 11 is 0. The fourth-order valence-electron chi connectivity index (χ4n) is 3.58. The molecule has 2 amide bonds. The van der Waals surface area contributed by atoms with Crippen LogP contribution in [0.4, 0.5) is 15.8 Å². The fraction of sp³-hybridized carbons (Fsp3) is 0.304. The molecule has 2 aromatic rings. The van der Waals surface area contributed by atoms with Crippen LogP contribution in [-0.4, -0.2) is 11.8 Å². The summed E-state index contributed by atoms with van der Waals surface area (Å²) in [6.07, 6.45) is 2.14. The number of halogens is 1. The summed E-state index contributed by atoms with van der Waals surface area (Å²) in [5.74, 6) is -0.759. The Morgan fingerprint density at radius 2 is 1.64 bits per heavy atom. The number of benzene rings is 2. The van der Waals surface area contributed by atoms with Crippen LogP contribution < -0.4 is 10.6 Å². The van der Waals surface area contributed by atoms with Crippen molar-refractivity contribution in [2.75, 3.05) is 10.6 Å². The monoisotopic (exact) mass is 380 g/mol. The van der Waals surface area contributed by atoms with Crippen LogP contribution in [-0.2, 0) is 4.79 Å². The van der Waals surface area contributed by atoms with Crippen LogP contribution in [0, 0.1) is 23.1 Å². The molecular formula is C23H25FN2O2. The lowest BCUT2D eigenvalue weighted by atomic mass is 10.1. The van der Waals surface area contributed by atoms with Crippen LogP contribution in [0.1, 0.15) is 38.1 Å². The highest BCUT2D eigenvalue weighted by molar-refractivity contribution is 6.10. The van der Waals surface area contributed by atoms with E-state index in [1.54, 1.807) is 24.3 Å². The first-order valence-electron chi connectivity index (χ1n) is 9.32. The van der Waals surface area contributed by atoms with E-state index in [9.17, 15) is 14.0 Å². The molecule has 2 aromatic carbocycles. The van der Waals surface area contributed by atoms with E-state index in [1.165, 1.54) is 29.8 Å². The van der Waals surface area contributed by atoms with Gasteiger partial charge in [0, 0.05) is 5.69 Å². The van der Waals surface area contributed by atoms with Gasteiger partial charge in [0.2, 0.25) is 5.91 Å². The second-order valence-corrected chi connectivity index (χ2v) is 8.06. The van der Waals surface area contributed by atoms with Gasteiger partial charge in [0.15, 0.2) is 0 Å². The molecule has 0 bridgehead atoms. The number of hydrogen-bond donors (Lipinski definition) is 2. The molecule has 0 saturated heterocycles. The molecule has 5 heteroatoms. The summed E-state index contributed by atoms with van der Waals surface area (Å²) in [7, 11) is 0. The minimum absolute atomic E-state index is 0.0884. The van der Waals surface area contributed by atoms with Crippen LogP contribution in [0.15, 0.2) is 60.2 Å². The van der Waals surface area contributed by atoms with Crippen LogP contribution in [0.2, 0.25) is 0 Å². The van der Waals surface area contributed by atoms with Gasteiger partial charge in [-0.3, -0.25) is 9.59 Å². The van der Waals surface area contributed by atoms with Crippen LogP contribution >= 0.6 is 0 Å². The van der Waals surface area contributed by atoms with Crippen LogP contribution in [0.3, 0.4) is 0 Å². The molecule has 146 valence electrons. The predicted molar refractivity (Wildman–Crippen MR) is 110 cm³/mol. The molecule has 0 aliphatic heterocycles. The Labute approximate surface area is 164 Å². The van der Waals surface area contributed by atoms with Crippen molar-refractivity contribution in [2.45, 2.75) is 27.7 Å². The Hall–Kier alpha value is -2.95. The highest BCUT2D eigenvalue weighted by Gasteiger charge is 2.60. The third-order valence-corrected chi connectivity index (χ3v) is 5.24. The zero-order valence-corrected chi connectivity index (χ0v) is 16.5. The first-order valence-corrected chi connectivity index (χ1v) is 9.32. The number of amides is 2. The van der Waals surface area contributed by atoms with Gasteiger partial charge in [-0.2, -0.15) is 0 Å². The molecule has 1 aliphatic carbocycles. The Morgan fingerprint density at radius 3 is 2.29 bits per heavy atom. The van der Waals surface area contributed by atoms with Gasteiger partial charge in [-0.15, -0.1) is 0 Å². The number of allylic oxidation sites excluding steroid dienone is 2. The first kappa shape index (κ1) is 19.8. The van der Waals surface area contributed by atoms with E-state index in [2.05, 4.69) is 30.6 Å². The van der Waals surface area contributed by atoms with Gasteiger partial charge >= 0.3 is 0 Å². The van der Waals surface area contributed by atoms with Gasteiger partial charge < -0.3 is 10.6 Å². The summed E-state index contributed by atoms with van der Waals surface area (Å²) in [5, 5.41) is 5.65. The number of para-hydroxylation sites is 1. The molecule has 4 nitrogen and oxygen atoms in total. The number of anilines is 2. The molecule has 1 saturated carbocycles. The topological polar surface area (TPSA) is 58.2 Å². The van der Waals surface area contributed by atoms with Crippen molar-refractivity contribution in [2.24, 2.45) is 17.3 Å². The van der Waals surface area contributed by atoms with E-state index in [0.717, 1.165) is 0 Å². The minimum atomic E-state index is -0.372. The van der Waals surface area contributed by atoms with Gasteiger partial charge in [0.05, 0.1) is 17.2 Å². The van der Waals surface area contributed by atoms with Crippen molar-refractivity contribution in [1.29, 1.82) is 0 Å². The Bertz CT molecular complexity index is 928. The second-order valence-electron chi connectivity index (χ2n) is 8.06. The highest BCUT2D eigenvalue weighted by Crippen LogP contribution is 2.59. The predicted octanol–water partition coefficient (Wildman–Crippen LogP) is 5.25. The van der Waals surface area contributed by atoms with E-state index in [0.29, 0.717) is 16.9 Å². The van der Waals surface area contributed by atoms with E-state index < -0.39 is 0 Å². The van der Waals surface area contributed by atoms with Crippen molar-refractivity contribution in [3.8, 4) is 0 Å². The highest BCUT2D eigenvalue weighted by atomic mass is 19.1. The zero-order chi connectivity index (χ0) is 20.5. The van der Waals surface area contributed by atoms with Crippen LogP contribution in [0.25, 0.3) is 0 Å². The Balaban J connectivity index is 1.75. The molecular weight excluding hydrogens is 355 g/mol. The molecule has 3 rings (SSSR count). The maximum Gasteiger partial charge on any atom is 0.257 e. The Morgan fingerprint density at radius 1 is 1.00 bits per heavy atom. The number of carbonyl (C=O) groups excluding carboxylic acids is 2. The minimum Gasteiger partial charge on any atom is -0.325 e. The summed E-state index contributed by atoms with van der Waals surface area (Å²) in [5.41, 5.74) is 2.39. The van der Waals surface area contributed by atoms with Gasteiger partial charge in [-0.05, 0) is 61.6 Å². The molecule has 0 unspecified atom stereocenters. The van der Waals surface area contributed by atoms with E-state index in [1.807, 2.05) is 13.8 Å². The lowest BCUT2D eigenvalue weighted by molar-refractivity contribution is -0.118. The Kier molecular flexibility index (Phi) is 5.36. The lowest BCUT2D eigenvalue weighted by Gasteiger charge is -2.12. The summed E-state index contributed by atoms with van der Waals surface area (Å²) < 4.78 is 13.0. The number of carbonyl (C=O) groups is 2. The SMILES string of the molecule is CC(C)=C[C@H]1[C@H](C(=O)Nc2ccccc2C(=O)Nc2ccc(F)cc2)C1(C)C. The molecule has 1 fully saturated rings. The third-order valence-electron chi connectivity index (χ3n) is 5.24. The van der Waals surface area contributed by atoms with E-state index in [4.69, 9.17) is 0 Å². The molecule has 0 spiro atoms.